The molecule has 0 spiro atoms. The summed E-state index contributed by atoms with van der Waals surface area (Å²) >= 11 is 0. The normalized spacial score (nSPS) is 11.4. The van der Waals surface area contributed by atoms with Crippen LogP contribution in [0.1, 0.15) is 11.1 Å². The largest absolute Gasteiger partial charge is 0.297 e. The van der Waals surface area contributed by atoms with Crippen LogP contribution in [0.2, 0.25) is 0 Å². The van der Waals surface area contributed by atoms with Gasteiger partial charge in [0.2, 0.25) is 0 Å². The molecule has 2 aromatic carbocycles. The first-order valence-electron chi connectivity index (χ1n) is 5.58. The second-order valence-corrected chi connectivity index (χ2v) is 5.63. The summed E-state index contributed by atoms with van der Waals surface area (Å²) < 4.78 is 28.8. The summed E-state index contributed by atoms with van der Waals surface area (Å²) in [5.74, 6) is 0. The standard InChI is InChI=1S/C14H14O3S/c1-12-7-9-14(10-8-12)18(15,16)17-11-13-5-3-2-4-6-13/h2-10H,11H2,1H3. The van der Waals surface area contributed by atoms with Crippen molar-refractivity contribution < 1.29 is 12.6 Å². The predicted octanol–water partition coefficient (Wildman–Crippen LogP) is 2.90. The Morgan fingerprint density at radius 3 is 2.17 bits per heavy atom. The number of hydrogen-bond donors (Lipinski definition) is 0. The molecule has 94 valence electrons. The molecule has 2 rings (SSSR count). The highest BCUT2D eigenvalue weighted by Crippen LogP contribution is 2.15. The summed E-state index contributed by atoms with van der Waals surface area (Å²) in [5.41, 5.74) is 1.84. The molecule has 0 bridgehead atoms. The van der Waals surface area contributed by atoms with Crippen LogP contribution < -0.4 is 0 Å². The zero-order valence-electron chi connectivity index (χ0n) is 10.0. The number of aryl methyl sites for hydroxylation is 1. The van der Waals surface area contributed by atoms with Crippen LogP contribution in [0.4, 0.5) is 0 Å². The Labute approximate surface area is 107 Å². The van der Waals surface area contributed by atoms with Gasteiger partial charge in [0.05, 0.1) is 11.5 Å². The van der Waals surface area contributed by atoms with E-state index in [0.29, 0.717) is 0 Å². The average molecular weight is 262 g/mol. The second-order valence-electron chi connectivity index (χ2n) is 4.01. The molecule has 0 unspecified atom stereocenters. The molecule has 0 saturated heterocycles. The van der Waals surface area contributed by atoms with Crippen molar-refractivity contribution in [1.29, 1.82) is 0 Å². The fraction of sp³-hybridized carbons (Fsp3) is 0.143. The zero-order chi connectivity index (χ0) is 13.0. The lowest BCUT2D eigenvalue weighted by Crippen LogP contribution is -2.06. The smallest absolute Gasteiger partial charge is 0.262 e. The minimum absolute atomic E-state index is 0.0526. The van der Waals surface area contributed by atoms with Crippen LogP contribution in [-0.2, 0) is 20.9 Å². The van der Waals surface area contributed by atoms with Crippen molar-refractivity contribution >= 4 is 10.1 Å². The minimum atomic E-state index is -3.68. The highest BCUT2D eigenvalue weighted by molar-refractivity contribution is 7.86. The van der Waals surface area contributed by atoms with Crippen molar-refractivity contribution in [2.75, 3.05) is 0 Å². The zero-order valence-corrected chi connectivity index (χ0v) is 10.9. The first-order valence-corrected chi connectivity index (χ1v) is 6.99. The van der Waals surface area contributed by atoms with Gasteiger partial charge in [-0.1, -0.05) is 48.0 Å². The molecule has 0 aliphatic rings. The summed E-state index contributed by atoms with van der Waals surface area (Å²) in [6, 6.07) is 15.8. The summed E-state index contributed by atoms with van der Waals surface area (Å²) in [6.45, 7) is 1.96. The van der Waals surface area contributed by atoms with E-state index in [2.05, 4.69) is 0 Å². The van der Waals surface area contributed by atoms with E-state index in [-0.39, 0.29) is 11.5 Å². The molecule has 0 fully saturated rings. The quantitative estimate of drug-likeness (QED) is 0.796. The number of benzene rings is 2. The van der Waals surface area contributed by atoms with Crippen LogP contribution in [0.3, 0.4) is 0 Å². The molecule has 4 heteroatoms. The molecular formula is C14H14O3S. The molecule has 0 atom stereocenters. The average Bonchev–Trinajstić information content (AvgIpc) is 2.38. The minimum Gasteiger partial charge on any atom is -0.262 e. The van der Waals surface area contributed by atoms with Crippen LogP contribution in [0.5, 0.6) is 0 Å². The molecular weight excluding hydrogens is 248 g/mol. The lowest BCUT2D eigenvalue weighted by atomic mass is 10.2. The van der Waals surface area contributed by atoms with Gasteiger partial charge in [-0.05, 0) is 24.6 Å². The van der Waals surface area contributed by atoms with Crippen molar-refractivity contribution in [1.82, 2.24) is 0 Å². The van der Waals surface area contributed by atoms with Crippen molar-refractivity contribution in [2.24, 2.45) is 0 Å². The van der Waals surface area contributed by atoms with Crippen LogP contribution in [-0.4, -0.2) is 8.42 Å². The molecule has 2 aromatic rings. The van der Waals surface area contributed by atoms with Gasteiger partial charge in [0.25, 0.3) is 10.1 Å². The maximum absolute atomic E-state index is 11.9. The van der Waals surface area contributed by atoms with Gasteiger partial charge in [0.15, 0.2) is 0 Å². The third-order valence-electron chi connectivity index (χ3n) is 2.53. The Morgan fingerprint density at radius 1 is 0.944 bits per heavy atom. The summed E-state index contributed by atoms with van der Waals surface area (Å²) in [6.07, 6.45) is 0. The summed E-state index contributed by atoms with van der Waals surface area (Å²) in [4.78, 5) is 0.184. The monoisotopic (exact) mass is 262 g/mol. The van der Waals surface area contributed by atoms with E-state index in [1.807, 2.05) is 37.3 Å². The molecule has 0 heterocycles. The Bertz CT molecular complexity index is 601. The lowest BCUT2D eigenvalue weighted by molar-refractivity contribution is 0.308. The molecule has 0 aliphatic heterocycles. The molecule has 0 radical (unpaired) electrons. The van der Waals surface area contributed by atoms with Gasteiger partial charge < -0.3 is 0 Å². The highest BCUT2D eigenvalue weighted by atomic mass is 32.2. The molecule has 3 nitrogen and oxygen atoms in total. The van der Waals surface area contributed by atoms with E-state index in [1.165, 1.54) is 0 Å². The van der Waals surface area contributed by atoms with Crippen LogP contribution in [0, 0.1) is 6.92 Å². The van der Waals surface area contributed by atoms with Gasteiger partial charge in [0.1, 0.15) is 0 Å². The van der Waals surface area contributed by atoms with Crippen LogP contribution >= 0.6 is 0 Å². The molecule has 0 saturated carbocycles. The molecule has 0 N–H and O–H groups in total. The van der Waals surface area contributed by atoms with Gasteiger partial charge in [-0.25, -0.2) is 0 Å². The Hall–Kier alpha value is -1.65. The first-order chi connectivity index (χ1) is 8.58. The van der Waals surface area contributed by atoms with E-state index in [1.54, 1.807) is 24.3 Å². The maximum Gasteiger partial charge on any atom is 0.297 e. The topological polar surface area (TPSA) is 43.4 Å². The lowest BCUT2D eigenvalue weighted by Gasteiger charge is -2.06. The van der Waals surface area contributed by atoms with Gasteiger partial charge in [-0.3, -0.25) is 4.18 Å². The molecule has 0 aliphatic carbocycles. The third-order valence-corrected chi connectivity index (χ3v) is 3.81. The SMILES string of the molecule is Cc1ccc(S(=O)(=O)OCc2ccccc2)cc1. The van der Waals surface area contributed by atoms with E-state index in [0.717, 1.165) is 11.1 Å². The van der Waals surface area contributed by atoms with Crippen molar-refractivity contribution in [3.8, 4) is 0 Å². The maximum atomic E-state index is 11.9. The highest BCUT2D eigenvalue weighted by Gasteiger charge is 2.14. The van der Waals surface area contributed by atoms with Crippen molar-refractivity contribution in [3.63, 3.8) is 0 Å². The van der Waals surface area contributed by atoms with Gasteiger partial charge in [-0.2, -0.15) is 8.42 Å². The van der Waals surface area contributed by atoms with E-state index < -0.39 is 10.1 Å². The van der Waals surface area contributed by atoms with Gasteiger partial charge in [-0.15, -0.1) is 0 Å². The Kier molecular flexibility index (Phi) is 3.79. The van der Waals surface area contributed by atoms with E-state index >= 15 is 0 Å². The van der Waals surface area contributed by atoms with E-state index in [9.17, 15) is 8.42 Å². The molecule has 0 amide bonds. The van der Waals surface area contributed by atoms with Gasteiger partial charge >= 0.3 is 0 Å². The van der Waals surface area contributed by atoms with Gasteiger partial charge in [0, 0.05) is 0 Å². The summed E-state index contributed by atoms with van der Waals surface area (Å²) in [7, 11) is -3.68. The Morgan fingerprint density at radius 2 is 1.56 bits per heavy atom. The van der Waals surface area contributed by atoms with Crippen molar-refractivity contribution in [3.05, 3.63) is 65.7 Å². The second kappa shape index (κ2) is 5.33. The van der Waals surface area contributed by atoms with Crippen LogP contribution in [0.15, 0.2) is 59.5 Å². The number of rotatable bonds is 4. The third kappa shape index (κ3) is 3.18. The van der Waals surface area contributed by atoms with E-state index in [4.69, 9.17) is 4.18 Å². The fourth-order valence-electron chi connectivity index (χ4n) is 1.49. The number of hydrogen-bond acceptors (Lipinski definition) is 3. The first kappa shape index (κ1) is 12.8. The molecule has 0 aromatic heterocycles. The Balaban J connectivity index is 2.11. The predicted molar refractivity (Wildman–Crippen MR) is 69.6 cm³/mol. The summed E-state index contributed by atoms with van der Waals surface area (Å²) in [5, 5.41) is 0. The molecule has 18 heavy (non-hydrogen) atoms. The van der Waals surface area contributed by atoms with Crippen LogP contribution in [0.25, 0.3) is 0 Å². The van der Waals surface area contributed by atoms with Crippen molar-refractivity contribution in [2.45, 2.75) is 18.4 Å². The fourth-order valence-corrected chi connectivity index (χ4v) is 2.39.